The van der Waals surface area contributed by atoms with Crippen LogP contribution in [0.5, 0.6) is 0 Å². The third-order valence-electron chi connectivity index (χ3n) is 6.68. The fourth-order valence-electron chi connectivity index (χ4n) is 4.24. The van der Waals surface area contributed by atoms with Gasteiger partial charge in [-0.2, -0.15) is 0 Å². The van der Waals surface area contributed by atoms with E-state index in [4.69, 9.17) is 10.2 Å². The van der Waals surface area contributed by atoms with E-state index < -0.39 is 0 Å². The first-order chi connectivity index (χ1) is 19.7. The fraction of sp³-hybridized carbons (Fsp3) is 1.00. The van der Waals surface area contributed by atoms with E-state index in [0.29, 0.717) is 0 Å². The van der Waals surface area contributed by atoms with Crippen molar-refractivity contribution in [2.24, 2.45) is 0 Å². The van der Waals surface area contributed by atoms with Crippen LogP contribution < -0.4 is 24.8 Å². The van der Waals surface area contributed by atoms with Gasteiger partial charge in [-0.3, -0.25) is 0 Å². The van der Waals surface area contributed by atoms with Crippen LogP contribution in [0.15, 0.2) is 0 Å². The van der Waals surface area contributed by atoms with Gasteiger partial charge in [0.25, 0.3) is 0 Å². The van der Waals surface area contributed by atoms with Crippen molar-refractivity contribution in [1.29, 1.82) is 0 Å². The van der Waals surface area contributed by atoms with Gasteiger partial charge in [0, 0.05) is 56.6 Å². The molecule has 0 aromatic rings. The second kappa shape index (κ2) is 75.3. The Balaban J connectivity index is -0.0000000770. The van der Waals surface area contributed by atoms with Crippen molar-refractivity contribution in [1.82, 2.24) is 0 Å². The molecule has 0 saturated heterocycles. The summed E-state index contributed by atoms with van der Waals surface area (Å²) >= 11 is 0. The maximum atomic E-state index is 7.57. The van der Waals surface area contributed by atoms with E-state index in [-0.39, 0.29) is 81.5 Å². The smallest absolute Gasteiger partial charge is 0.0402 e. The van der Waals surface area contributed by atoms with Gasteiger partial charge in [0.05, 0.1) is 0 Å². The van der Waals surface area contributed by atoms with Crippen LogP contribution in [0, 0.1) is 0 Å². The van der Waals surface area contributed by atoms with Crippen molar-refractivity contribution in [2.45, 2.75) is 196 Å². The monoisotopic (exact) mass is 738 g/mol. The minimum Gasteiger partial charge on any atom is -1.00 e. The Bertz CT molecular complexity index is 306. The maximum Gasteiger partial charge on any atom is 0.0402 e. The summed E-state index contributed by atoms with van der Waals surface area (Å²) in [5.74, 6) is 0. The van der Waals surface area contributed by atoms with Crippen LogP contribution in [0.4, 0.5) is 0 Å². The van der Waals surface area contributed by atoms with Crippen molar-refractivity contribution in [3.05, 3.63) is 10.6 Å². The molecule has 0 saturated carbocycles. The summed E-state index contributed by atoms with van der Waals surface area (Å²) < 4.78 is 0. The largest absolute Gasteiger partial charge is 1.00 e. The molecule has 0 aromatic heterocycles. The quantitative estimate of drug-likeness (QED) is 0.0746. The van der Waals surface area contributed by atoms with Crippen LogP contribution >= 0.6 is 0 Å². The van der Waals surface area contributed by atoms with Gasteiger partial charge >= 0.3 is 0 Å². The summed E-state index contributed by atoms with van der Waals surface area (Å²) in [5, 5.41) is 24.4. The molecule has 0 unspecified atom stereocenters. The van der Waals surface area contributed by atoms with Gasteiger partial charge in [-0.1, -0.05) is 182 Å². The minimum absolute atomic E-state index is 0. The van der Waals surface area contributed by atoms with Gasteiger partial charge in [0.1, 0.15) is 0 Å². The molecule has 0 rings (SSSR count). The summed E-state index contributed by atoms with van der Waals surface area (Å²) in [6.07, 6.45) is 33.2. The van der Waals surface area contributed by atoms with Gasteiger partial charge in [0.15, 0.2) is 0 Å². The van der Waals surface area contributed by atoms with Gasteiger partial charge in [-0.05, 0) is 13.8 Å². The molecule has 44 heavy (non-hydrogen) atoms. The van der Waals surface area contributed by atoms with Gasteiger partial charge in [-0.25, -0.2) is 0 Å². The molecule has 0 aliphatic heterocycles. The zero-order valence-electron chi connectivity index (χ0n) is 30.8. The second-order valence-corrected chi connectivity index (χ2v) is 11.0. The van der Waals surface area contributed by atoms with E-state index in [1.807, 2.05) is 0 Å². The molecule has 2 N–H and O–H groups in total. The number of rotatable bonds is 28. The zero-order valence-corrected chi connectivity index (χ0v) is 35.4. The number of hydrogen-bond donors (Lipinski definition) is 2. The molecule has 4 nitrogen and oxygen atoms in total. The maximum absolute atomic E-state index is 7.57. The van der Waals surface area contributed by atoms with Crippen molar-refractivity contribution in [3.8, 4) is 0 Å². The van der Waals surface area contributed by atoms with Gasteiger partial charge in [0.2, 0.25) is 0 Å². The van der Waals surface area contributed by atoms with Crippen LogP contribution in [0.3, 0.4) is 0 Å². The Kier molecular flexibility index (Phi) is 110. The van der Waals surface area contributed by atoms with Crippen LogP contribution in [0.1, 0.15) is 196 Å². The summed E-state index contributed by atoms with van der Waals surface area (Å²) in [4.78, 5) is 0. The first-order valence-corrected chi connectivity index (χ1v) is 18.1. The molecule has 0 atom stereocenters. The van der Waals surface area contributed by atoms with Gasteiger partial charge < -0.3 is 45.7 Å². The molecular weight excluding hydrogens is 659 g/mol. The SMILES string of the molecule is CCCCCCCC[N-]CCCCCCCC.CCCCCCCC[N-]CCCCCCCC.CCO.CCO.[Cl-].[Cl-].[Ti].[Ti]. The molecule has 0 bridgehead atoms. The Labute approximate surface area is 322 Å². The number of aliphatic hydroxyl groups excluding tert-OH is 2. The van der Waals surface area contributed by atoms with Crippen LogP contribution in [0.25, 0.3) is 10.6 Å². The number of nitrogens with zero attached hydrogens (tertiary/aromatic N) is 2. The van der Waals surface area contributed by atoms with Crippen molar-refractivity contribution < 1.29 is 78.5 Å². The van der Waals surface area contributed by atoms with E-state index in [0.717, 1.165) is 26.2 Å². The average molecular weight is 740 g/mol. The summed E-state index contributed by atoms with van der Waals surface area (Å²) in [7, 11) is 0. The molecule has 0 aromatic carbocycles. The molecule has 0 spiro atoms. The van der Waals surface area contributed by atoms with E-state index in [2.05, 4.69) is 38.3 Å². The van der Waals surface area contributed by atoms with E-state index in [1.165, 1.54) is 154 Å². The molecule has 0 heterocycles. The molecule has 0 radical (unpaired) electrons. The summed E-state index contributed by atoms with van der Waals surface area (Å²) in [6, 6.07) is 0. The molecule has 8 heteroatoms. The second-order valence-electron chi connectivity index (χ2n) is 11.0. The van der Waals surface area contributed by atoms with E-state index in [1.54, 1.807) is 13.8 Å². The average Bonchev–Trinajstić information content (AvgIpc) is 2.95. The normalized spacial score (nSPS) is 9.27. The molecule has 0 amide bonds. The molecular formula is C36H80Cl2N2O2Ti2-4. The van der Waals surface area contributed by atoms with E-state index in [9.17, 15) is 0 Å². The van der Waals surface area contributed by atoms with Crippen LogP contribution in [-0.4, -0.2) is 49.6 Å². The van der Waals surface area contributed by atoms with Crippen LogP contribution in [0.2, 0.25) is 0 Å². The molecule has 0 aliphatic rings. The third kappa shape index (κ3) is 90.4. The predicted octanol–water partition coefficient (Wildman–Crippen LogP) is 6.16. The molecule has 0 fully saturated rings. The Morgan fingerprint density at radius 1 is 0.295 bits per heavy atom. The van der Waals surface area contributed by atoms with Gasteiger partial charge in [-0.15, -0.1) is 26.2 Å². The number of halogens is 2. The Morgan fingerprint density at radius 2 is 0.432 bits per heavy atom. The molecule has 0 aliphatic carbocycles. The van der Waals surface area contributed by atoms with E-state index >= 15 is 0 Å². The Hall–Kier alpha value is 1.85. The Morgan fingerprint density at radius 3 is 0.591 bits per heavy atom. The van der Waals surface area contributed by atoms with Crippen LogP contribution in [-0.2, 0) is 43.4 Å². The topological polar surface area (TPSA) is 68.7 Å². The summed E-state index contributed by atoms with van der Waals surface area (Å²) in [5.41, 5.74) is 0. The fourth-order valence-corrected chi connectivity index (χ4v) is 4.24. The first kappa shape index (κ1) is 64.4. The summed E-state index contributed by atoms with van der Waals surface area (Å²) in [6.45, 7) is 17.4. The van der Waals surface area contributed by atoms with Crippen molar-refractivity contribution in [2.75, 3.05) is 39.4 Å². The van der Waals surface area contributed by atoms with Crippen molar-refractivity contribution >= 4 is 0 Å². The number of hydrogen-bond acceptors (Lipinski definition) is 2. The first-order valence-electron chi connectivity index (χ1n) is 18.1. The zero-order chi connectivity index (χ0) is 30.6. The third-order valence-corrected chi connectivity index (χ3v) is 6.68. The minimum atomic E-state index is 0. The number of aliphatic hydroxyl groups is 2. The number of unbranched alkanes of at least 4 members (excludes halogenated alkanes) is 20. The predicted molar refractivity (Wildman–Crippen MR) is 185 cm³/mol. The standard InChI is InChI=1S/2C16H34N.2C2H6O.2ClH.2Ti/c2*1-3-5-7-9-11-13-15-17-16-14-12-10-8-6-4-2;2*1-2-3;;;;/h2*3-16H2,1-2H3;2*3H,2H2,1H3;2*1H;;/q2*-1;;;;;;/p-2. The molecule has 272 valence electrons. The van der Waals surface area contributed by atoms with Crippen molar-refractivity contribution in [3.63, 3.8) is 0 Å².